The average molecular weight is 254 g/mol. The summed E-state index contributed by atoms with van der Waals surface area (Å²) in [6, 6.07) is 4.59. The number of esters is 1. The lowest BCUT2D eigenvalue weighted by molar-refractivity contribution is -0.142. The summed E-state index contributed by atoms with van der Waals surface area (Å²) in [5.41, 5.74) is 0.633. The minimum absolute atomic E-state index is 0.179. The molecule has 1 aromatic carbocycles. The predicted octanol–water partition coefficient (Wildman–Crippen LogP) is 3.28. The maximum atomic E-state index is 13.6. The Hall–Kier alpha value is -1.58. The van der Waals surface area contributed by atoms with E-state index in [1.807, 2.05) is 6.92 Å². The van der Waals surface area contributed by atoms with E-state index in [-0.39, 0.29) is 11.7 Å². The molecule has 4 heteroatoms. The maximum absolute atomic E-state index is 13.6. The van der Waals surface area contributed by atoms with Crippen molar-refractivity contribution in [2.75, 3.05) is 14.2 Å². The van der Waals surface area contributed by atoms with Crippen molar-refractivity contribution < 1.29 is 18.7 Å². The molecule has 0 bridgehead atoms. The molecule has 100 valence electrons. The summed E-state index contributed by atoms with van der Waals surface area (Å²) in [7, 11) is 2.76. The van der Waals surface area contributed by atoms with Gasteiger partial charge in [-0.3, -0.25) is 4.79 Å². The number of ether oxygens (including phenoxy) is 2. The Morgan fingerprint density at radius 2 is 2.11 bits per heavy atom. The molecule has 0 fully saturated rings. The first-order chi connectivity index (χ1) is 8.63. The zero-order valence-electron chi connectivity index (χ0n) is 11.0. The minimum Gasteiger partial charge on any atom is -0.494 e. The van der Waals surface area contributed by atoms with Crippen molar-refractivity contribution in [3.63, 3.8) is 0 Å². The zero-order valence-corrected chi connectivity index (χ0v) is 11.0. The first kappa shape index (κ1) is 14.5. The Kier molecular flexibility index (Phi) is 5.62. The first-order valence-electron chi connectivity index (χ1n) is 6.05. The second-order valence-corrected chi connectivity index (χ2v) is 4.11. The molecule has 0 aliphatic heterocycles. The van der Waals surface area contributed by atoms with E-state index in [0.29, 0.717) is 12.0 Å². The second-order valence-electron chi connectivity index (χ2n) is 4.11. The first-order valence-corrected chi connectivity index (χ1v) is 6.05. The van der Waals surface area contributed by atoms with Crippen LogP contribution in [0.4, 0.5) is 4.39 Å². The fourth-order valence-corrected chi connectivity index (χ4v) is 1.87. The number of carbonyl (C=O) groups is 1. The van der Waals surface area contributed by atoms with Gasteiger partial charge in [-0.25, -0.2) is 4.39 Å². The zero-order chi connectivity index (χ0) is 13.5. The molecule has 0 saturated carbocycles. The van der Waals surface area contributed by atoms with Crippen molar-refractivity contribution in [2.45, 2.75) is 32.1 Å². The van der Waals surface area contributed by atoms with E-state index < -0.39 is 11.7 Å². The number of unbranched alkanes of at least 4 members (excludes halogenated alkanes) is 1. The van der Waals surface area contributed by atoms with Gasteiger partial charge in [-0.15, -0.1) is 0 Å². The van der Waals surface area contributed by atoms with Crippen LogP contribution in [0.3, 0.4) is 0 Å². The van der Waals surface area contributed by atoms with E-state index in [2.05, 4.69) is 0 Å². The summed E-state index contributed by atoms with van der Waals surface area (Å²) in [6.45, 7) is 2.04. The van der Waals surface area contributed by atoms with Gasteiger partial charge in [-0.2, -0.15) is 0 Å². The minimum atomic E-state index is -0.458. The van der Waals surface area contributed by atoms with E-state index in [1.54, 1.807) is 6.07 Å². The quantitative estimate of drug-likeness (QED) is 0.731. The lowest BCUT2D eigenvalue weighted by atomic mass is 9.93. The number of hydrogen-bond donors (Lipinski definition) is 0. The summed E-state index contributed by atoms with van der Waals surface area (Å²) in [6.07, 6.45) is 2.54. The van der Waals surface area contributed by atoms with Crippen molar-refractivity contribution in [1.29, 1.82) is 0 Å². The Bertz CT molecular complexity index is 404. The molecule has 1 unspecified atom stereocenters. The fraction of sp³-hybridized carbons (Fsp3) is 0.500. The van der Waals surface area contributed by atoms with Crippen LogP contribution in [0.2, 0.25) is 0 Å². The van der Waals surface area contributed by atoms with E-state index >= 15 is 0 Å². The van der Waals surface area contributed by atoms with E-state index in [0.717, 1.165) is 12.8 Å². The SMILES string of the molecule is CCCCC(C(=O)OC)c1ccc(OC)c(F)c1. The largest absolute Gasteiger partial charge is 0.494 e. The average Bonchev–Trinajstić information content (AvgIpc) is 2.39. The highest BCUT2D eigenvalue weighted by atomic mass is 19.1. The van der Waals surface area contributed by atoms with E-state index in [4.69, 9.17) is 9.47 Å². The smallest absolute Gasteiger partial charge is 0.313 e. The van der Waals surface area contributed by atoms with Gasteiger partial charge in [-0.05, 0) is 24.1 Å². The van der Waals surface area contributed by atoms with Crippen LogP contribution in [0.5, 0.6) is 5.75 Å². The Morgan fingerprint density at radius 1 is 1.39 bits per heavy atom. The molecular weight excluding hydrogens is 235 g/mol. The molecule has 1 atom stereocenters. The van der Waals surface area contributed by atoms with Crippen LogP contribution in [0, 0.1) is 5.82 Å². The molecule has 18 heavy (non-hydrogen) atoms. The second kappa shape index (κ2) is 6.99. The number of carbonyl (C=O) groups excluding carboxylic acids is 1. The van der Waals surface area contributed by atoms with Gasteiger partial charge < -0.3 is 9.47 Å². The van der Waals surface area contributed by atoms with E-state index in [9.17, 15) is 9.18 Å². The van der Waals surface area contributed by atoms with Crippen molar-refractivity contribution in [2.24, 2.45) is 0 Å². The molecule has 0 N–H and O–H groups in total. The number of methoxy groups -OCH3 is 2. The van der Waals surface area contributed by atoms with Gasteiger partial charge in [0.1, 0.15) is 0 Å². The molecule has 0 heterocycles. The van der Waals surface area contributed by atoms with Crippen LogP contribution in [0.1, 0.15) is 37.7 Å². The van der Waals surface area contributed by atoms with Crippen molar-refractivity contribution in [1.82, 2.24) is 0 Å². The highest BCUT2D eigenvalue weighted by molar-refractivity contribution is 5.78. The highest BCUT2D eigenvalue weighted by Crippen LogP contribution is 2.27. The Balaban J connectivity index is 2.97. The Labute approximate surface area is 107 Å². The van der Waals surface area contributed by atoms with E-state index in [1.165, 1.54) is 26.4 Å². The van der Waals surface area contributed by atoms with Crippen LogP contribution in [0.25, 0.3) is 0 Å². The Morgan fingerprint density at radius 3 is 2.61 bits per heavy atom. The van der Waals surface area contributed by atoms with Gasteiger partial charge in [-0.1, -0.05) is 25.8 Å². The van der Waals surface area contributed by atoms with Gasteiger partial charge in [0.2, 0.25) is 0 Å². The fourth-order valence-electron chi connectivity index (χ4n) is 1.87. The summed E-state index contributed by atoms with van der Waals surface area (Å²) in [5.74, 6) is -1.01. The van der Waals surface area contributed by atoms with Gasteiger partial charge in [0, 0.05) is 0 Å². The molecule has 0 radical (unpaired) electrons. The predicted molar refractivity (Wildman–Crippen MR) is 67.2 cm³/mol. The number of benzene rings is 1. The van der Waals surface area contributed by atoms with Gasteiger partial charge in [0.05, 0.1) is 20.1 Å². The van der Waals surface area contributed by atoms with Crippen LogP contribution in [0.15, 0.2) is 18.2 Å². The third kappa shape index (κ3) is 3.45. The summed E-state index contributed by atoms with van der Waals surface area (Å²) in [5, 5.41) is 0. The molecule has 0 amide bonds. The van der Waals surface area contributed by atoms with Crippen molar-refractivity contribution in [3.05, 3.63) is 29.6 Å². The molecule has 1 rings (SSSR count). The molecule has 0 spiro atoms. The van der Waals surface area contributed by atoms with Crippen molar-refractivity contribution >= 4 is 5.97 Å². The molecule has 0 aliphatic rings. The highest BCUT2D eigenvalue weighted by Gasteiger charge is 2.22. The molecule has 3 nitrogen and oxygen atoms in total. The molecular formula is C14H19FO3. The molecule has 0 aromatic heterocycles. The number of rotatable bonds is 6. The third-order valence-corrected chi connectivity index (χ3v) is 2.91. The standard InChI is InChI=1S/C14H19FO3/c1-4-5-6-11(14(16)18-3)10-7-8-13(17-2)12(15)9-10/h7-9,11H,4-6H2,1-3H3. The topological polar surface area (TPSA) is 35.5 Å². The third-order valence-electron chi connectivity index (χ3n) is 2.91. The van der Waals surface area contributed by atoms with Gasteiger partial charge in [0.15, 0.2) is 11.6 Å². The number of hydrogen-bond acceptors (Lipinski definition) is 3. The normalized spacial score (nSPS) is 12.0. The number of halogens is 1. The molecule has 0 aliphatic carbocycles. The lowest BCUT2D eigenvalue weighted by Gasteiger charge is -2.15. The van der Waals surface area contributed by atoms with Crippen LogP contribution in [-0.4, -0.2) is 20.2 Å². The van der Waals surface area contributed by atoms with Crippen LogP contribution < -0.4 is 4.74 Å². The van der Waals surface area contributed by atoms with Gasteiger partial charge >= 0.3 is 5.97 Å². The molecule has 0 saturated heterocycles. The molecule has 1 aromatic rings. The monoisotopic (exact) mass is 254 g/mol. The van der Waals surface area contributed by atoms with Crippen molar-refractivity contribution in [3.8, 4) is 5.75 Å². The lowest BCUT2D eigenvalue weighted by Crippen LogP contribution is -2.14. The summed E-state index contributed by atoms with van der Waals surface area (Å²) < 4.78 is 23.2. The van der Waals surface area contributed by atoms with Gasteiger partial charge in [0.25, 0.3) is 0 Å². The summed E-state index contributed by atoms with van der Waals surface area (Å²) in [4.78, 5) is 11.7. The van der Waals surface area contributed by atoms with Crippen LogP contribution >= 0.6 is 0 Å². The van der Waals surface area contributed by atoms with Crippen LogP contribution in [-0.2, 0) is 9.53 Å². The summed E-state index contributed by atoms with van der Waals surface area (Å²) >= 11 is 0. The maximum Gasteiger partial charge on any atom is 0.313 e.